The van der Waals surface area contributed by atoms with E-state index in [1.54, 1.807) is 41.5 Å². The van der Waals surface area contributed by atoms with Crippen LogP contribution in [0.4, 0.5) is 11.4 Å². The van der Waals surface area contributed by atoms with Crippen LogP contribution in [0.5, 0.6) is 0 Å². The summed E-state index contributed by atoms with van der Waals surface area (Å²) in [6.07, 6.45) is 11.5. The number of anilines is 2. The zero-order valence-corrected chi connectivity index (χ0v) is 30.6. The Morgan fingerprint density at radius 1 is 0.896 bits per heavy atom. The van der Waals surface area contributed by atoms with Crippen LogP contribution in [0, 0.1) is 26.2 Å². The molecular weight excluding hydrogens is 708 g/mol. The monoisotopic (exact) mass is 742 g/mol. The van der Waals surface area contributed by atoms with Gasteiger partial charge in [0.15, 0.2) is 0 Å². The third-order valence-corrected chi connectivity index (χ3v) is 11.5. The number of hydrogen-bond donors (Lipinski definition) is 4. The maximum absolute atomic E-state index is 11.4. The van der Waals surface area contributed by atoms with Crippen LogP contribution < -0.4 is 22.1 Å². The molecule has 6 rings (SSSR count). The van der Waals surface area contributed by atoms with Gasteiger partial charge in [-0.1, -0.05) is 29.1 Å². The number of nitrogens with one attached hydrogen (secondary N) is 2. The maximum Gasteiger partial charge on any atom is 0.122 e. The van der Waals surface area contributed by atoms with Gasteiger partial charge in [0.1, 0.15) is 22.6 Å². The molecule has 6 aromatic heterocycles. The predicted molar refractivity (Wildman–Crippen MR) is 202 cm³/mol. The molecule has 0 aliphatic carbocycles. The standard InChI is InChI=1S/C17H20ClN3O2S2.C17H16ClN3OS/c1-10-6-13(20-8-12-4-3-5-23-12)17-16(21-10)15(18)14(24-17)7-11(19)9-25(2)22;1-3-11(19)8-14-15(18)16-17(23-14)13(7-10(2)21-16)20-9-12-5-4-6-22-12/h3-6,11H,7-9,19H2,1-2H3,(H,20,21);1,4-7,11H,8-9,19H2,2H3,(H,20,21)/t11-,25?;11-/m10/s1. The van der Waals surface area contributed by atoms with E-state index in [-0.39, 0.29) is 12.1 Å². The number of thiophene rings is 2. The predicted octanol–water partition coefficient (Wildman–Crippen LogP) is 7.68. The molecule has 48 heavy (non-hydrogen) atoms. The normalized spacial score (nSPS) is 13.1. The highest BCUT2D eigenvalue weighted by atomic mass is 35.5. The molecule has 6 heterocycles. The number of hydrogen-bond acceptors (Lipinski definition) is 11. The van der Waals surface area contributed by atoms with Crippen molar-refractivity contribution < 1.29 is 13.0 Å². The van der Waals surface area contributed by atoms with Crippen LogP contribution in [0.3, 0.4) is 0 Å². The van der Waals surface area contributed by atoms with Crippen molar-refractivity contribution in [2.45, 2.75) is 51.9 Å². The van der Waals surface area contributed by atoms with Crippen LogP contribution in [0.2, 0.25) is 10.0 Å². The number of nitrogens with zero attached hydrogens (tertiary/aromatic N) is 2. The minimum Gasteiger partial charge on any atom is -0.467 e. The lowest BCUT2D eigenvalue weighted by Gasteiger charge is -2.08. The molecule has 0 fully saturated rings. The second-order valence-electron chi connectivity index (χ2n) is 11.2. The van der Waals surface area contributed by atoms with Crippen LogP contribution in [-0.4, -0.2) is 38.3 Å². The Balaban J connectivity index is 0.000000188. The van der Waals surface area contributed by atoms with Gasteiger partial charge in [0.05, 0.1) is 62.5 Å². The molecule has 0 aliphatic heterocycles. The van der Waals surface area contributed by atoms with E-state index in [0.717, 1.165) is 64.5 Å². The van der Waals surface area contributed by atoms with Gasteiger partial charge >= 0.3 is 0 Å². The largest absolute Gasteiger partial charge is 0.467 e. The molecule has 0 bridgehead atoms. The summed E-state index contributed by atoms with van der Waals surface area (Å²) in [5.41, 5.74) is 17.3. The Morgan fingerprint density at radius 2 is 1.38 bits per heavy atom. The summed E-state index contributed by atoms with van der Waals surface area (Å²) in [4.78, 5) is 11.1. The maximum atomic E-state index is 11.4. The van der Waals surface area contributed by atoms with Crippen LogP contribution in [-0.2, 0) is 36.7 Å². The third kappa shape index (κ3) is 8.98. The number of terminal acetylenes is 1. The van der Waals surface area contributed by atoms with Gasteiger partial charge in [0.25, 0.3) is 0 Å². The topological polar surface area (TPSA) is 145 Å². The summed E-state index contributed by atoms with van der Waals surface area (Å²) >= 11 is 16.2. The van der Waals surface area contributed by atoms with Crippen molar-refractivity contribution in [1.82, 2.24) is 9.97 Å². The first-order valence-corrected chi connectivity index (χ1v) is 19.1. The number of fused-ring (bicyclic) bond motifs is 2. The summed E-state index contributed by atoms with van der Waals surface area (Å²) in [6.45, 7) is 5.07. The molecule has 3 atom stereocenters. The molecule has 0 radical (unpaired) electrons. The molecule has 0 spiro atoms. The molecule has 14 heteroatoms. The Labute approximate surface area is 299 Å². The molecule has 6 aromatic rings. The Kier molecular flexibility index (Phi) is 12.2. The van der Waals surface area contributed by atoms with Crippen molar-refractivity contribution in [1.29, 1.82) is 0 Å². The Bertz CT molecular complexity index is 2050. The number of aryl methyl sites for hydroxylation is 2. The van der Waals surface area contributed by atoms with Crippen molar-refractivity contribution in [2.75, 3.05) is 22.6 Å². The van der Waals surface area contributed by atoms with Gasteiger partial charge in [0.2, 0.25) is 0 Å². The second-order valence-corrected chi connectivity index (χ2v) is 15.6. The summed E-state index contributed by atoms with van der Waals surface area (Å²) in [6, 6.07) is 11.1. The molecule has 0 aromatic carbocycles. The molecule has 0 saturated heterocycles. The molecule has 0 amide bonds. The molecule has 1 unspecified atom stereocenters. The van der Waals surface area contributed by atoms with Gasteiger partial charge in [-0.15, -0.1) is 29.1 Å². The lowest BCUT2D eigenvalue weighted by atomic mass is 10.2. The smallest absolute Gasteiger partial charge is 0.122 e. The average Bonchev–Trinajstić information content (AvgIpc) is 3.86. The lowest BCUT2D eigenvalue weighted by Crippen LogP contribution is -2.28. The van der Waals surface area contributed by atoms with Gasteiger partial charge in [0, 0.05) is 56.4 Å². The zero-order valence-electron chi connectivity index (χ0n) is 26.6. The van der Waals surface area contributed by atoms with Gasteiger partial charge in [-0.2, -0.15) is 0 Å². The summed E-state index contributed by atoms with van der Waals surface area (Å²) in [5.74, 6) is 4.72. The van der Waals surface area contributed by atoms with E-state index in [1.807, 2.05) is 50.2 Å². The van der Waals surface area contributed by atoms with E-state index < -0.39 is 10.8 Å². The minimum atomic E-state index is -0.924. The highest BCUT2D eigenvalue weighted by Crippen LogP contribution is 2.40. The fraction of sp³-hybridized carbons (Fsp3) is 0.294. The number of halogens is 2. The fourth-order valence-electron chi connectivity index (χ4n) is 5.00. The molecule has 0 saturated carbocycles. The van der Waals surface area contributed by atoms with Crippen molar-refractivity contribution in [3.8, 4) is 12.3 Å². The number of nitrogens with two attached hydrogens (primary N) is 2. The zero-order chi connectivity index (χ0) is 34.4. The van der Waals surface area contributed by atoms with E-state index in [9.17, 15) is 4.21 Å². The van der Waals surface area contributed by atoms with Gasteiger partial charge in [-0.25, -0.2) is 0 Å². The van der Waals surface area contributed by atoms with Gasteiger partial charge in [-0.3, -0.25) is 14.2 Å². The number of furan rings is 2. The number of rotatable bonds is 12. The van der Waals surface area contributed by atoms with E-state index >= 15 is 0 Å². The lowest BCUT2D eigenvalue weighted by molar-refractivity contribution is 0.518. The minimum absolute atomic E-state index is 0.183. The summed E-state index contributed by atoms with van der Waals surface area (Å²) in [7, 11) is -0.924. The fourth-order valence-corrected chi connectivity index (χ4v) is 8.89. The van der Waals surface area contributed by atoms with Crippen molar-refractivity contribution in [3.63, 3.8) is 0 Å². The van der Waals surface area contributed by atoms with Crippen LogP contribution >= 0.6 is 45.9 Å². The van der Waals surface area contributed by atoms with E-state index in [2.05, 4.69) is 26.5 Å². The van der Waals surface area contributed by atoms with Crippen molar-refractivity contribution in [3.05, 3.63) is 91.6 Å². The molecule has 9 nitrogen and oxygen atoms in total. The third-order valence-electron chi connectivity index (χ3n) is 7.14. The van der Waals surface area contributed by atoms with Gasteiger partial charge < -0.3 is 30.9 Å². The quantitative estimate of drug-likeness (QED) is 0.0928. The molecule has 0 aliphatic rings. The molecule has 252 valence electrons. The van der Waals surface area contributed by atoms with Crippen molar-refractivity contribution in [2.24, 2.45) is 11.5 Å². The van der Waals surface area contributed by atoms with E-state index in [4.69, 9.17) is 49.9 Å². The number of pyridine rings is 2. The SMILES string of the molecule is C#C[C@H](N)Cc1sc2c(NCc3ccco3)cc(C)nc2c1Cl.Cc1cc(NCc2ccco2)c2sc(C[C@@H](N)CS(C)=O)c(Cl)c2n1. The summed E-state index contributed by atoms with van der Waals surface area (Å²) < 4.78 is 24.1. The molecular formula is C34H36Cl2N6O3S3. The molecule has 6 N–H and O–H groups in total. The Morgan fingerprint density at radius 3 is 1.79 bits per heavy atom. The summed E-state index contributed by atoms with van der Waals surface area (Å²) in [5, 5.41) is 8.06. The van der Waals surface area contributed by atoms with Gasteiger partial charge in [-0.05, 0) is 56.7 Å². The number of aromatic nitrogens is 2. The van der Waals surface area contributed by atoms with E-state index in [0.29, 0.717) is 41.7 Å². The highest BCUT2D eigenvalue weighted by Gasteiger charge is 2.19. The van der Waals surface area contributed by atoms with Crippen LogP contribution in [0.15, 0.2) is 57.8 Å². The second kappa shape index (κ2) is 16.3. The van der Waals surface area contributed by atoms with E-state index in [1.165, 1.54) is 0 Å². The van der Waals surface area contributed by atoms with Crippen LogP contribution in [0.1, 0.15) is 32.7 Å². The van der Waals surface area contributed by atoms with Crippen molar-refractivity contribution >= 4 is 88.5 Å². The first-order valence-electron chi connectivity index (χ1n) is 15.0. The first-order chi connectivity index (χ1) is 23.0. The average molecular weight is 744 g/mol. The Hall–Kier alpha value is -3.41. The highest BCUT2D eigenvalue weighted by molar-refractivity contribution is 7.84. The first kappa shape index (κ1) is 35.9. The van der Waals surface area contributed by atoms with Crippen LogP contribution in [0.25, 0.3) is 20.4 Å².